The Morgan fingerprint density at radius 2 is 1.75 bits per heavy atom. The van der Waals surface area contributed by atoms with E-state index in [0.29, 0.717) is 5.56 Å². The first-order valence-electron chi connectivity index (χ1n) is 7.84. The summed E-state index contributed by atoms with van der Waals surface area (Å²) < 4.78 is 14.2. The van der Waals surface area contributed by atoms with Crippen LogP contribution in [-0.2, 0) is 19.0 Å². The quantitative estimate of drug-likeness (QED) is 0.550. The topological polar surface area (TPSA) is 128 Å². The van der Waals surface area contributed by atoms with E-state index in [0.717, 1.165) is 11.3 Å². The molecule has 1 amide bonds. The van der Waals surface area contributed by atoms with Gasteiger partial charge in [0.25, 0.3) is 5.91 Å². The van der Waals surface area contributed by atoms with Gasteiger partial charge >= 0.3 is 17.9 Å². The Balaban J connectivity index is 2.13. The third kappa shape index (κ3) is 4.65. The molecule has 1 heterocycles. The van der Waals surface area contributed by atoms with Gasteiger partial charge in [-0.25, -0.2) is 14.4 Å². The Morgan fingerprint density at radius 1 is 1.07 bits per heavy atom. The van der Waals surface area contributed by atoms with E-state index in [1.807, 2.05) is 0 Å². The van der Waals surface area contributed by atoms with Crippen molar-refractivity contribution >= 4 is 40.2 Å². The van der Waals surface area contributed by atoms with E-state index >= 15 is 0 Å². The number of phenolic OH excluding ortho intramolecular Hbond substituents is 1. The first kappa shape index (κ1) is 20.9. The molecule has 0 aliphatic heterocycles. The van der Waals surface area contributed by atoms with Crippen molar-refractivity contribution in [2.75, 3.05) is 26.1 Å². The van der Waals surface area contributed by atoms with Gasteiger partial charge in [-0.05, 0) is 30.7 Å². The highest BCUT2D eigenvalue weighted by molar-refractivity contribution is 7.18. The van der Waals surface area contributed by atoms with Crippen LogP contribution < -0.4 is 5.32 Å². The van der Waals surface area contributed by atoms with Crippen molar-refractivity contribution in [2.24, 2.45) is 0 Å². The predicted molar refractivity (Wildman–Crippen MR) is 98.8 cm³/mol. The zero-order valence-corrected chi connectivity index (χ0v) is 16.0. The molecule has 1 aromatic heterocycles. The van der Waals surface area contributed by atoms with Crippen molar-refractivity contribution in [3.63, 3.8) is 0 Å². The number of aromatic hydroxyl groups is 1. The van der Waals surface area contributed by atoms with Gasteiger partial charge in [-0.2, -0.15) is 0 Å². The van der Waals surface area contributed by atoms with E-state index in [-0.39, 0.29) is 26.8 Å². The van der Waals surface area contributed by atoms with E-state index in [9.17, 15) is 24.3 Å². The number of amides is 1. The molecule has 10 heteroatoms. The molecule has 2 aromatic rings. The molecule has 0 spiro atoms. The summed E-state index contributed by atoms with van der Waals surface area (Å²) in [6.07, 6.45) is 0. The van der Waals surface area contributed by atoms with E-state index in [2.05, 4.69) is 14.8 Å². The van der Waals surface area contributed by atoms with Crippen molar-refractivity contribution in [3.8, 4) is 5.75 Å². The Hall–Kier alpha value is -3.40. The fourth-order valence-electron chi connectivity index (χ4n) is 2.25. The molecule has 28 heavy (non-hydrogen) atoms. The molecule has 0 radical (unpaired) electrons. The van der Waals surface area contributed by atoms with E-state index in [4.69, 9.17) is 4.74 Å². The van der Waals surface area contributed by atoms with Gasteiger partial charge in [0.15, 0.2) is 6.61 Å². The molecule has 0 atom stereocenters. The molecular weight excluding hydrogens is 390 g/mol. The summed E-state index contributed by atoms with van der Waals surface area (Å²) in [5.74, 6) is -3.06. The van der Waals surface area contributed by atoms with E-state index in [1.165, 1.54) is 45.4 Å². The van der Waals surface area contributed by atoms with Gasteiger partial charge in [0, 0.05) is 0 Å². The predicted octanol–water partition coefficient (Wildman–Crippen LogP) is 2.13. The maximum Gasteiger partial charge on any atom is 0.348 e. The normalized spacial score (nSPS) is 10.1. The third-order valence-electron chi connectivity index (χ3n) is 3.58. The first-order chi connectivity index (χ1) is 13.3. The number of ether oxygens (including phenoxy) is 3. The minimum Gasteiger partial charge on any atom is -0.508 e. The second-order valence-corrected chi connectivity index (χ2v) is 6.44. The number of hydrogen-bond donors (Lipinski definition) is 2. The molecule has 0 bridgehead atoms. The summed E-state index contributed by atoms with van der Waals surface area (Å²) in [7, 11) is 2.36. The molecule has 0 fully saturated rings. The van der Waals surface area contributed by atoms with Crippen molar-refractivity contribution in [1.29, 1.82) is 0 Å². The first-order valence-corrected chi connectivity index (χ1v) is 8.66. The number of thiophene rings is 1. The fraction of sp³-hybridized carbons (Fsp3) is 0.222. The van der Waals surface area contributed by atoms with Crippen LogP contribution in [0.5, 0.6) is 5.75 Å². The molecule has 2 rings (SSSR count). The number of rotatable bonds is 6. The van der Waals surface area contributed by atoms with Crippen LogP contribution in [0, 0.1) is 6.92 Å². The maximum absolute atomic E-state index is 12.1. The lowest BCUT2D eigenvalue weighted by molar-refractivity contribution is -0.119. The molecule has 0 saturated carbocycles. The Labute approximate surface area is 163 Å². The number of carbonyl (C=O) groups is 4. The Bertz CT molecular complexity index is 934. The number of benzene rings is 1. The molecular formula is C18H17NO8S. The Morgan fingerprint density at radius 3 is 2.36 bits per heavy atom. The standard InChI is InChI=1S/C18H17NO8S/c1-9-13(17(23)25-2)15(28-14(9)18(24)26-3)19-12(21)8-27-16(22)10-5-4-6-11(20)7-10/h4-7,20H,8H2,1-3H3,(H,19,21). The number of hydrogen-bond acceptors (Lipinski definition) is 9. The van der Waals surface area contributed by atoms with Crippen LogP contribution in [0.25, 0.3) is 0 Å². The van der Waals surface area contributed by atoms with E-state index in [1.54, 1.807) is 0 Å². The molecule has 1 aromatic carbocycles. The molecule has 148 valence electrons. The number of anilines is 1. The lowest BCUT2D eigenvalue weighted by Gasteiger charge is -2.07. The summed E-state index contributed by atoms with van der Waals surface area (Å²) in [6.45, 7) is 0.881. The van der Waals surface area contributed by atoms with Gasteiger partial charge < -0.3 is 24.6 Å². The van der Waals surface area contributed by atoms with Crippen LogP contribution in [-0.4, -0.2) is 49.7 Å². The second kappa shape index (κ2) is 9.00. The van der Waals surface area contributed by atoms with Crippen LogP contribution in [0.1, 0.15) is 36.0 Å². The molecule has 0 saturated heterocycles. The number of methoxy groups -OCH3 is 2. The summed E-state index contributed by atoms with van der Waals surface area (Å²) in [5.41, 5.74) is 0.388. The minimum absolute atomic E-state index is 0.0144. The largest absolute Gasteiger partial charge is 0.508 e. The molecule has 9 nitrogen and oxygen atoms in total. The average molecular weight is 407 g/mol. The van der Waals surface area contributed by atoms with Crippen molar-refractivity contribution in [3.05, 3.63) is 45.8 Å². The highest BCUT2D eigenvalue weighted by Crippen LogP contribution is 2.34. The zero-order chi connectivity index (χ0) is 20.8. The lowest BCUT2D eigenvalue weighted by atomic mass is 10.1. The Kier molecular flexibility index (Phi) is 6.72. The van der Waals surface area contributed by atoms with Crippen LogP contribution >= 0.6 is 11.3 Å². The monoisotopic (exact) mass is 407 g/mol. The number of esters is 3. The zero-order valence-electron chi connectivity index (χ0n) is 15.2. The fourth-order valence-corrected chi connectivity index (χ4v) is 3.38. The smallest absolute Gasteiger partial charge is 0.348 e. The molecule has 0 aliphatic carbocycles. The lowest BCUT2D eigenvalue weighted by Crippen LogP contribution is -2.21. The molecule has 2 N–H and O–H groups in total. The van der Waals surface area contributed by atoms with Crippen molar-refractivity contribution in [2.45, 2.75) is 6.92 Å². The minimum atomic E-state index is -0.808. The van der Waals surface area contributed by atoms with Gasteiger partial charge in [0.2, 0.25) is 0 Å². The van der Waals surface area contributed by atoms with Gasteiger partial charge in [-0.3, -0.25) is 4.79 Å². The number of carbonyl (C=O) groups excluding carboxylic acids is 4. The summed E-state index contributed by atoms with van der Waals surface area (Å²) in [4.78, 5) is 48.0. The average Bonchev–Trinajstić information content (AvgIpc) is 3.00. The molecule has 0 aliphatic rings. The summed E-state index contributed by atoms with van der Waals surface area (Å²) in [5, 5.41) is 11.9. The summed E-state index contributed by atoms with van der Waals surface area (Å²) in [6, 6.07) is 5.45. The number of nitrogens with one attached hydrogen (secondary N) is 1. The highest BCUT2D eigenvalue weighted by Gasteiger charge is 2.27. The number of phenols is 1. The van der Waals surface area contributed by atoms with Crippen molar-refractivity contribution < 1.29 is 38.5 Å². The van der Waals surface area contributed by atoms with Gasteiger partial charge in [-0.15, -0.1) is 11.3 Å². The third-order valence-corrected chi connectivity index (χ3v) is 4.76. The van der Waals surface area contributed by atoms with E-state index < -0.39 is 30.4 Å². The maximum atomic E-state index is 12.1. The van der Waals surface area contributed by atoms with Gasteiger partial charge in [-0.1, -0.05) is 6.07 Å². The SMILES string of the molecule is COC(=O)c1sc(NC(=O)COC(=O)c2cccc(O)c2)c(C(=O)OC)c1C. The van der Waals surface area contributed by atoms with Crippen LogP contribution in [0.3, 0.4) is 0 Å². The van der Waals surface area contributed by atoms with Crippen LogP contribution in [0.4, 0.5) is 5.00 Å². The van der Waals surface area contributed by atoms with Crippen LogP contribution in [0.2, 0.25) is 0 Å². The van der Waals surface area contributed by atoms with Crippen molar-refractivity contribution in [1.82, 2.24) is 0 Å². The van der Waals surface area contributed by atoms with Gasteiger partial charge in [0.1, 0.15) is 15.6 Å². The molecule has 0 unspecified atom stereocenters. The highest BCUT2D eigenvalue weighted by atomic mass is 32.1. The van der Waals surface area contributed by atoms with Gasteiger partial charge in [0.05, 0.1) is 25.3 Å². The van der Waals surface area contributed by atoms with Crippen LogP contribution in [0.15, 0.2) is 24.3 Å². The second-order valence-electron chi connectivity index (χ2n) is 5.42. The summed E-state index contributed by atoms with van der Waals surface area (Å²) >= 11 is 0.843.